The van der Waals surface area contributed by atoms with E-state index in [9.17, 15) is 0 Å². The highest BCUT2D eigenvalue weighted by Gasteiger charge is 2.16. The van der Waals surface area contributed by atoms with Gasteiger partial charge < -0.3 is 15.6 Å². The third-order valence-electron chi connectivity index (χ3n) is 1.34. The fourth-order valence-electron chi connectivity index (χ4n) is 0.782. The van der Waals surface area contributed by atoms with Gasteiger partial charge in [-0.05, 0) is 0 Å². The van der Waals surface area contributed by atoms with Crippen LogP contribution in [0.3, 0.4) is 0 Å². The van der Waals surface area contributed by atoms with E-state index < -0.39 is 0 Å². The lowest BCUT2D eigenvalue weighted by molar-refractivity contribution is 0.0851. The maximum Gasteiger partial charge on any atom is 0.0934 e. The molecule has 3 heteroatoms. The minimum Gasteiger partial charge on any atom is -0.395 e. The van der Waals surface area contributed by atoms with Crippen molar-refractivity contribution >= 4 is 0 Å². The molecule has 0 fully saturated rings. The molecule has 0 bridgehead atoms. The summed E-state index contributed by atoms with van der Waals surface area (Å²) in [4.78, 5) is 0. The molecule has 0 aliphatic carbocycles. The Kier molecular flexibility index (Phi) is 2.22. The molecule has 3 N–H and O–H groups in total. The molecule has 0 unspecified atom stereocenters. The van der Waals surface area contributed by atoms with Crippen LogP contribution in [0, 0.1) is 0 Å². The number of ether oxygens (including phenoxy) is 1. The van der Waals surface area contributed by atoms with Gasteiger partial charge in [0.1, 0.15) is 0 Å². The maximum atomic E-state index is 8.56. The van der Waals surface area contributed by atoms with E-state index in [-0.39, 0.29) is 18.8 Å². The largest absolute Gasteiger partial charge is 0.395 e. The zero-order valence-electron chi connectivity index (χ0n) is 5.16. The Hall–Kier alpha value is -0.380. The summed E-state index contributed by atoms with van der Waals surface area (Å²) < 4.78 is 5.11. The highest BCUT2D eigenvalue weighted by atomic mass is 16.5. The smallest absolute Gasteiger partial charge is 0.0934 e. The lowest BCUT2D eigenvalue weighted by Crippen LogP contribution is -2.36. The average molecular weight is 129 g/mol. The second kappa shape index (κ2) is 2.96. The summed E-state index contributed by atoms with van der Waals surface area (Å²) >= 11 is 0. The monoisotopic (exact) mass is 129 g/mol. The minimum atomic E-state index is -0.260. The summed E-state index contributed by atoms with van der Waals surface area (Å²) in [5.74, 6) is 0. The summed E-state index contributed by atoms with van der Waals surface area (Å²) in [6.45, 7) is 0.605. The summed E-state index contributed by atoms with van der Waals surface area (Å²) in [5, 5.41) is 8.56. The van der Waals surface area contributed by atoms with Gasteiger partial charge in [0.2, 0.25) is 0 Å². The number of hydrogen-bond acceptors (Lipinski definition) is 3. The van der Waals surface area contributed by atoms with Gasteiger partial charge in [-0.15, -0.1) is 0 Å². The molecule has 1 heterocycles. The molecule has 1 aliphatic heterocycles. The molecule has 52 valence electrons. The predicted molar refractivity (Wildman–Crippen MR) is 33.9 cm³/mol. The lowest BCUT2D eigenvalue weighted by atomic mass is 10.2. The summed E-state index contributed by atoms with van der Waals surface area (Å²) in [7, 11) is 0. The van der Waals surface area contributed by atoms with Crippen LogP contribution in [0.2, 0.25) is 0 Å². The van der Waals surface area contributed by atoms with E-state index in [0.717, 1.165) is 0 Å². The first kappa shape index (κ1) is 6.74. The van der Waals surface area contributed by atoms with Crippen molar-refractivity contribution in [2.45, 2.75) is 12.1 Å². The zero-order valence-corrected chi connectivity index (χ0v) is 5.16. The second-order valence-corrected chi connectivity index (χ2v) is 2.07. The molecule has 9 heavy (non-hydrogen) atoms. The molecular weight excluding hydrogens is 118 g/mol. The van der Waals surface area contributed by atoms with Crippen molar-refractivity contribution in [3.63, 3.8) is 0 Å². The Morgan fingerprint density at radius 3 is 3.11 bits per heavy atom. The lowest BCUT2D eigenvalue weighted by Gasteiger charge is -2.13. The fourth-order valence-corrected chi connectivity index (χ4v) is 0.782. The average Bonchev–Trinajstić information content (AvgIpc) is 2.37. The standard InChI is InChI=1S/C6H11NO2/c7-5(4-8)6-2-1-3-9-6/h1-2,5-6,8H,3-4,7H2/t5-,6-/m0/s1. The van der Waals surface area contributed by atoms with E-state index in [2.05, 4.69) is 0 Å². The van der Waals surface area contributed by atoms with Crippen LogP contribution in [0.4, 0.5) is 0 Å². The molecule has 0 aromatic carbocycles. The third kappa shape index (κ3) is 1.51. The van der Waals surface area contributed by atoms with Crippen molar-refractivity contribution < 1.29 is 9.84 Å². The molecule has 0 saturated heterocycles. The van der Waals surface area contributed by atoms with Gasteiger partial charge in [-0.3, -0.25) is 0 Å². The van der Waals surface area contributed by atoms with Crippen LogP contribution in [0.25, 0.3) is 0 Å². The topological polar surface area (TPSA) is 55.5 Å². The predicted octanol–water partition coefficient (Wildman–Crippen LogP) is -0.739. The third-order valence-corrected chi connectivity index (χ3v) is 1.34. The van der Waals surface area contributed by atoms with Crippen molar-refractivity contribution in [3.8, 4) is 0 Å². The maximum absolute atomic E-state index is 8.56. The van der Waals surface area contributed by atoms with Gasteiger partial charge >= 0.3 is 0 Å². The Morgan fingerprint density at radius 2 is 2.67 bits per heavy atom. The van der Waals surface area contributed by atoms with Crippen LogP contribution in [0.15, 0.2) is 12.2 Å². The number of nitrogens with two attached hydrogens (primary N) is 1. The molecule has 0 aromatic heterocycles. The highest BCUT2D eigenvalue weighted by Crippen LogP contribution is 2.05. The van der Waals surface area contributed by atoms with E-state index in [1.807, 2.05) is 12.2 Å². The van der Waals surface area contributed by atoms with Crippen LogP contribution >= 0.6 is 0 Å². The minimum absolute atomic E-state index is 0.0188. The Bertz CT molecular complexity index is 114. The molecule has 3 nitrogen and oxygen atoms in total. The van der Waals surface area contributed by atoms with Crippen molar-refractivity contribution in [2.24, 2.45) is 5.73 Å². The number of aliphatic hydroxyl groups is 1. The van der Waals surface area contributed by atoms with Crippen molar-refractivity contribution in [3.05, 3.63) is 12.2 Å². The van der Waals surface area contributed by atoms with E-state index in [4.69, 9.17) is 15.6 Å². The number of rotatable bonds is 2. The van der Waals surface area contributed by atoms with E-state index in [1.165, 1.54) is 0 Å². The molecular formula is C6H11NO2. The summed E-state index contributed by atoms with van der Waals surface area (Å²) in [5.41, 5.74) is 5.45. The molecule has 0 radical (unpaired) electrons. The molecule has 1 aliphatic rings. The highest BCUT2D eigenvalue weighted by molar-refractivity contribution is 5.00. The quantitative estimate of drug-likeness (QED) is 0.483. The van der Waals surface area contributed by atoms with E-state index in [1.54, 1.807) is 0 Å². The van der Waals surface area contributed by atoms with Gasteiger partial charge in [-0.1, -0.05) is 12.2 Å². The molecule has 1 rings (SSSR count). The van der Waals surface area contributed by atoms with Crippen LogP contribution in [-0.2, 0) is 4.74 Å². The second-order valence-electron chi connectivity index (χ2n) is 2.07. The molecule has 0 aromatic rings. The van der Waals surface area contributed by atoms with Gasteiger partial charge in [-0.2, -0.15) is 0 Å². The van der Waals surface area contributed by atoms with Gasteiger partial charge in [-0.25, -0.2) is 0 Å². The first-order chi connectivity index (χ1) is 4.34. The summed E-state index contributed by atoms with van der Waals surface area (Å²) in [6, 6.07) is -0.260. The van der Waals surface area contributed by atoms with Crippen molar-refractivity contribution in [1.82, 2.24) is 0 Å². The van der Waals surface area contributed by atoms with Crippen LogP contribution < -0.4 is 5.73 Å². The van der Waals surface area contributed by atoms with Gasteiger partial charge in [0, 0.05) is 0 Å². The molecule has 0 saturated carbocycles. The normalized spacial score (nSPS) is 28.9. The molecule has 0 spiro atoms. The molecule has 2 atom stereocenters. The Morgan fingerprint density at radius 1 is 1.89 bits per heavy atom. The van der Waals surface area contributed by atoms with E-state index >= 15 is 0 Å². The van der Waals surface area contributed by atoms with Crippen LogP contribution in [-0.4, -0.2) is 30.5 Å². The van der Waals surface area contributed by atoms with Crippen LogP contribution in [0.5, 0.6) is 0 Å². The van der Waals surface area contributed by atoms with Gasteiger partial charge in [0.15, 0.2) is 0 Å². The Balaban J connectivity index is 2.33. The first-order valence-electron chi connectivity index (χ1n) is 2.99. The van der Waals surface area contributed by atoms with Crippen LogP contribution in [0.1, 0.15) is 0 Å². The van der Waals surface area contributed by atoms with E-state index in [0.29, 0.717) is 6.61 Å². The first-order valence-corrected chi connectivity index (χ1v) is 2.99. The Labute approximate surface area is 54.1 Å². The van der Waals surface area contributed by atoms with Crippen molar-refractivity contribution in [1.29, 1.82) is 0 Å². The SMILES string of the molecule is N[C@@H](CO)[C@@H]1C=CCO1. The zero-order chi connectivity index (χ0) is 6.69. The number of aliphatic hydroxyl groups excluding tert-OH is 1. The van der Waals surface area contributed by atoms with Gasteiger partial charge in [0.25, 0.3) is 0 Å². The number of hydrogen-bond donors (Lipinski definition) is 2. The summed E-state index contributed by atoms with van der Waals surface area (Å²) in [6.07, 6.45) is 3.70. The van der Waals surface area contributed by atoms with Crippen molar-refractivity contribution in [2.75, 3.05) is 13.2 Å². The fraction of sp³-hybridized carbons (Fsp3) is 0.667. The molecule has 0 amide bonds. The van der Waals surface area contributed by atoms with Gasteiger partial charge in [0.05, 0.1) is 25.4 Å².